The normalized spacial score (nSPS) is 18.6. The van der Waals surface area contributed by atoms with Gasteiger partial charge in [-0.05, 0) is 61.4 Å². The topological polar surface area (TPSA) is 28.0 Å². The molecule has 0 bridgehead atoms. The summed E-state index contributed by atoms with van der Waals surface area (Å²) >= 11 is 0. The maximum atomic E-state index is 4.76. The van der Waals surface area contributed by atoms with Crippen LogP contribution in [0.4, 0.5) is 11.4 Å². The smallest absolute Gasteiger partial charge is 0.0667 e. The number of aryl methyl sites for hydroxylation is 1. The van der Waals surface area contributed by atoms with Crippen LogP contribution in [0.15, 0.2) is 52.0 Å². The van der Waals surface area contributed by atoms with E-state index >= 15 is 0 Å². The number of hydrogen-bond donors (Lipinski definition) is 0. The number of hydrogen-bond acceptors (Lipinski definition) is 3. The van der Waals surface area contributed by atoms with E-state index in [2.05, 4.69) is 48.0 Å². The van der Waals surface area contributed by atoms with Gasteiger partial charge in [-0.3, -0.25) is 4.99 Å². The molecule has 1 aromatic carbocycles. The summed E-state index contributed by atoms with van der Waals surface area (Å²) in [5.41, 5.74) is 6.52. The predicted octanol–water partition coefficient (Wildman–Crippen LogP) is 3.72. The summed E-state index contributed by atoms with van der Waals surface area (Å²) in [5.74, 6) is 0. The van der Waals surface area contributed by atoms with Crippen molar-refractivity contribution in [2.45, 2.75) is 13.8 Å². The molecule has 1 aromatic rings. The molecule has 3 nitrogen and oxygen atoms in total. The van der Waals surface area contributed by atoms with Crippen LogP contribution in [0.5, 0.6) is 0 Å². The van der Waals surface area contributed by atoms with Gasteiger partial charge in [0.2, 0.25) is 0 Å². The molecule has 0 atom stereocenters. The van der Waals surface area contributed by atoms with Gasteiger partial charge in [0, 0.05) is 26.8 Å². The summed E-state index contributed by atoms with van der Waals surface area (Å²) in [4.78, 5) is 11.0. The lowest BCUT2D eigenvalue weighted by Crippen LogP contribution is -2.08. The van der Waals surface area contributed by atoms with Crippen molar-refractivity contribution in [3.05, 3.63) is 47.6 Å². The summed E-state index contributed by atoms with van der Waals surface area (Å²) in [6.07, 6.45) is 6.08. The van der Waals surface area contributed by atoms with E-state index < -0.39 is 0 Å². The van der Waals surface area contributed by atoms with E-state index in [-0.39, 0.29) is 0 Å². The third-order valence-corrected chi connectivity index (χ3v) is 3.38. The summed E-state index contributed by atoms with van der Waals surface area (Å²) in [7, 11) is 5.89. The zero-order valence-electron chi connectivity index (χ0n) is 12.8. The van der Waals surface area contributed by atoms with Crippen LogP contribution >= 0.6 is 0 Å². The Bertz CT molecular complexity index is 632. The zero-order chi connectivity index (χ0) is 14.7. The van der Waals surface area contributed by atoms with E-state index in [0.29, 0.717) is 0 Å². The molecule has 0 fully saturated rings. The Kier molecular flexibility index (Phi) is 4.18. The van der Waals surface area contributed by atoms with Crippen molar-refractivity contribution >= 4 is 22.8 Å². The Morgan fingerprint density at radius 1 is 1.05 bits per heavy atom. The molecule has 104 valence electrons. The van der Waals surface area contributed by atoms with Gasteiger partial charge < -0.3 is 4.90 Å². The van der Waals surface area contributed by atoms with Crippen molar-refractivity contribution in [1.29, 1.82) is 0 Å². The van der Waals surface area contributed by atoms with E-state index in [1.807, 2.05) is 26.2 Å². The van der Waals surface area contributed by atoms with E-state index in [0.717, 1.165) is 22.7 Å². The summed E-state index contributed by atoms with van der Waals surface area (Å²) in [5, 5.41) is 0. The zero-order valence-corrected chi connectivity index (χ0v) is 12.8. The average Bonchev–Trinajstić information content (AvgIpc) is 2.42. The second-order valence-corrected chi connectivity index (χ2v) is 5.17. The lowest BCUT2D eigenvalue weighted by Gasteiger charge is -2.14. The minimum absolute atomic E-state index is 0.987. The van der Waals surface area contributed by atoms with E-state index in [4.69, 9.17) is 4.99 Å². The van der Waals surface area contributed by atoms with Crippen molar-refractivity contribution in [2.24, 2.45) is 9.98 Å². The lowest BCUT2D eigenvalue weighted by atomic mass is 10.0. The van der Waals surface area contributed by atoms with Crippen molar-refractivity contribution < 1.29 is 0 Å². The Morgan fingerprint density at radius 2 is 1.80 bits per heavy atom. The average molecular weight is 267 g/mol. The summed E-state index contributed by atoms with van der Waals surface area (Å²) in [6, 6.07) is 6.32. The maximum absolute atomic E-state index is 4.76. The first-order valence-corrected chi connectivity index (χ1v) is 6.71. The maximum Gasteiger partial charge on any atom is 0.0667 e. The van der Waals surface area contributed by atoms with Gasteiger partial charge in [0.25, 0.3) is 0 Å². The first kappa shape index (κ1) is 14.3. The highest BCUT2D eigenvalue weighted by molar-refractivity contribution is 6.21. The number of nitrogens with zero attached hydrogens (tertiary/aromatic N) is 3. The van der Waals surface area contributed by atoms with Crippen LogP contribution in [0.25, 0.3) is 0 Å². The molecule has 0 amide bonds. The van der Waals surface area contributed by atoms with Crippen LogP contribution in [-0.4, -0.2) is 32.6 Å². The monoisotopic (exact) mass is 267 g/mol. The Hall–Kier alpha value is -2.16. The van der Waals surface area contributed by atoms with Gasteiger partial charge in [-0.25, -0.2) is 4.99 Å². The molecular formula is C17H21N3. The molecule has 0 radical (unpaired) electrons. The van der Waals surface area contributed by atoms with Crippen LogP contribution < -0.4 is 4.90 Å². The quantitative estimate of drug-likeness (QED) is 0.750. The number of aliphatic imine (C=N–C) groups is 2. The van der Waals surface area contributed by atoms with Crippen LogP contribution in [0, 0.1) is 6.92 Å². The Morgan fingerprint density at radius 3 is 2.35 bits per heavy atom. The predicted molar refractivity (Wildman–Crippen MR) is 88.9 cm³/mol. The van der Waals surface area contributed by atoms with Crippen LogP contribution in [-0.2, 0) is 0 Å². The number of benzene rings is 1. The van der Waals surface area contributed by atoms with Crippen molar-refractivity contribution in [3.8, 4) is 0 Å². The van der Waals surface area contributed by atoms with E-state index in [1.54, 1.807) is 7.05 Å². The molecule has 0 N–H and O–H groups in total. The lowest BCUT2D eigenvalue weighted by molar-refractivity contribution is 1.13. The fourth-order valence-corrected chi connectivity index (χ4v) is 2.08. The molecule has 3 heteroatoms. The Labute approximate surface area is 121 Å². The summed E-state index contributed by atoms with van der Waals surface area (Å²) in [6.45, 7) is 4.16. The number of allylic oxidation sites excluding steroid dienone is 4. The largest absolute Gasteiger partial charge is 0.378 e. The number of rotatable bonds is 2. The fourth-order valence-electron chi connectivity index (χ4n) is 2.08. The second-order valence-electron chi connectivity index (χ2n) is 5.17. The van der Waals surface area contributed by atoms with Gasteiger partial charge >= 0.3 is 0 Å². The SMILES string of the molecule is CN=C1C=CC(=Nc2ccc(N(C)C)cc2C)C(C)=C1. The number of anilines is 1. The molecule has 20 heavy (non-hydrogen) atoms. The van der Waals surface area contributed by atoms with Crippen molar-refractivity contribution in [1.82, 2.24) is 0 Å². The molecule has 0 saturated heterocycles. The van der Waals surface area contributed by atoms with Crippen molar-refractivity contribution in [2.75, 3.05) is 26.0 Å². The van der Waals surface area contributed by atoms with Crippen molar-refractivity contribution in [3.63, 3.8) is 0 Å². The first-order chi connectivity index (χ1) is 9.51. The molecule has 1 aliphatic rings. The molecule has 0 unspecified atom stereocenters. The van der Waals surface area contributed by atoms with Gasteiger partial charge in [0.1, 0.15) is 0 Å². The molecule has 1 aliphatic carbocycles. The first-order valence-electron chi connectivity index (χ1n) is 6.71. The van der Waals surface area contributed by atoms with Crippen LogP contribution in [0.2, 0.25) is 0 Å². The standard InChI is InChI=1S/C17H21N3/c1-12-10-14(18-3)6-8-16(12)19-17-9-7-15(20(4)5)11-13(17)2/h6-11H,1-5H3. The van der Waals surface area contributed by atoms with Gasteiger partial charge in [-0.15, -0.1) is 0 Å². The van der Waals surface area contributed by atoms with Gasteiger partial charge in [-0.1, -0.05) is 0 Å². The van der Waals surface area contributed by atoms with Gasteiger partial charge in [0.15, 0.2) is 0 Å². The molecule has 2 rings (SSSR count). The van der Waals surface area contributed by atoms with Crippen LogP contribution in [0.3, 0.4) is 0 Å². The third kappa shape index (κ3) is 3.05. The highest BCUT2D eigenvalue weighted by Gasteiger charge is 2.07. The third-order valence-electron chi connectivity index (χ3n) is 3.38. The highest BCUT2D eigenvalue weighted by atomic mass is 15.1. The second kappa shape index (κ2) is 5.87. The van der Waals surface area contributed by atoms with Gasteiger partial charge in [-0.2, -0.15) is 0 Å². The van der Waals surface area contributed by atoms with Gasteiger partial charge in [0.05, 0.1) is 17.1 Å². The molecular weight excluding hydrogens is 246 g/mol. The van der Waals surface area contributed by atoms with E-state index in [9.17, 15) is 0 Å². The molecule has 0 aromatic heterocycles. The molecule has 0 spiro atoms. The minimum atomic E-state index is 0.987. The fraction of sp³-hybridized carbons (Fsp3) is 0.294. The molecule has 0 aliphatic heterocycles. The Balaban J connectivity index is 2.35. The minimum Gasteiger partial charge on any atom is -0.378 e. The van der Waals surface area contributed by atoms with Crippen LogP contribution in [0.1, 0.15) is 12.5 Å². The van der Waals surface area contributed by atoms with E-state index in [1.165, 1.54) is 11.3 Å². The molecule has 0 saturated carbocycles. The summed E-state index contributed by atoms with van der Waals surface area (Å²) < 4.78 is 0. The molecule has 0 heterocycles. The highest BCUT2D eigenvalue weighted by Crippen LogP contribution is 2.25.